The lowest BCUT2D eigenvalue weighted by atomic mass is 10.0. The Morgan fingerprint density at radius 1 is 1.33 bits per heavy atom. The Labute approximate surface area is 115 Å². The van der Waals surface area contributed by atoms with E-state index >= 15 is 0 Å². The number of aliphatic hydroxyl groups is 1. The van der Waals surface area contributed by atoms with Gasteiger partial charge in [-0.25, -0.2) is 4.98 Å². The van der Waals surface area contributed by atoms with Crippen LogP contribution in [0.2, 0.25) is 0 Å². The lowest BCUT2D eigenvalue weighted by Crippen LogP contribution is -2.32. The van der Waals surface area contributed by atoms with E-state index in [1.807, 2.05) is 38.1 Å². The number of nitrogens with one attached hydrogen (secondary N) is 1. The predicted octanol–water partition coefficient (Wildman–Crippen LogP) is 3.57. The monoisotopic (exact) mass is 308 g/mol. The second-order valence-electron chi connectivity index (χ2n) is 4.70. The average Bonchev–Trinajstić information content (AvgIpc) is 2.37. The number of hydrogen-bond acceptors (Lipinski definition) is 3. The number of pyridine rings is 1. The number of anilines is 1. The van der Waals surface area contributed by atoms with Gasteiger partial charge in [0.1, 0.15) is 5.82 Å². The first-order valence-corrected chi connectivity index (χ1v) is 6.82. The molecule has 0 fully saturated rings. The molecule has 2 aromatic rings. The highest BCUT2D eigenvalue weighted by molar-refractivity contribution is 9.10. The molecule has 2 N–H and O–H groups in total. The minimum atomic E-state index is -0.712. The summed E-state index contributed by atoms with van der Waals surface area (Å²) in [6.45, 7) is 4.28. The fraction of sp³-hybridized carbons (Fsp3) is 0.357. The molecule has 0 aliphatic heterocycles. The average molecular weight is 309 g/mol. The molecule has 3 nitrogen and oxygen atoms in total. The molecule has 1 atom stereocenters. The van der Waals surface area contributed by atoms with Gasteiger partial charge in [0.2, 0.25) is 0 Å². The van der Waals surface area contributed by atoms with Gasteiger partial charge in [-0.15, -0.1) is 0 Å². The Kier molecular flexibility index (Phi) is 3.88. The van der Waals surface area contributed by atoms with E-state index in [4.69, 9.17) is 0 Å². The van der Waals surface area contributed by atoms with Crippen molar-refractivity contribution in [2.24, 2.45) is 0 Å². The van der Waals surface area contributed by atoms with Gasteiger partial charge in [-0.3, -0.25) is 0 Å². The number of nitrogens with zero attached hydrogens (tertiary/aromatic N) is 1. The number of fused-ring (bicyclic) bond motifs is 1. The van der Waals surface area contributed by atoms with Crippen molar-refractivity contribution < 1.29 is 5.11 Å². The molecule has 0 aliphatic rings. The fourth-order valence-electron chi connectivity index (χ4n) is 1.71. The summed E-state index contributed by atoms with van der Waals surface area (Å²) in [6.07, 6.45) is 2.48. The van der Waals surface area contributed by atoms with Crippen LogP contribution in [0.25, 0.3) is 10.8 Å². The lowest BCUT2D eigenvalue weighted by molar-refractivity contribution is 0.0697. The molecular formula is C14H17BrN2O. The Morgan fingerprint density at radius 3 is 2.83 bits per heavy atom. The number of halogens is 1. The van der Waals surface area contributed by atoms with Crippen LogP contribution in [0.1, 0.15) is 20.3 Å². The van der Waals surface area contributed by atoms with E-state index in [-0.39, 0.29) is 0 Å². The summed E-state index contributed by atoms with van der Waals surface area (Å²) in [5, 5.41) is 15.4. The number of rotatable bonds is 4. The quantitative estimate of drug-likeness (QED) is 0.907. The van der Waals surface area contributed by atoms with Gasteiger partial charge in [0.25, 0.3) is 0 Å². The van der Waals surface area contributed by atoms with Crippen LogP contribution >= 0.6 is 15.9 Å². The fourth-order valence-corrected chi connectivity index (χ4v) is 2.21. The summed E-state index contributed by atoms with van der Waals surface area (Å²) in [5.74, 6) is 0.808. The van der Waals surface area contributed by atoms with Crippen LogP contribution in [-0.2, 0) is 0 Å². The molecule has 18 heavy (non-hydrogen) atoms. The summed E-state index contributed by atoms with van der Waals surface area (Å²) >= 11 is 3.53. The highest BCUT2D eigenvalue weighted by Crippen LogP contribution is 2.27. The zero-order valence-electron chi connectivity index (χ0n) is 10.6. The lowest BCUT2D eigenvalue weighted by Gasteiger charge is -2.22. The first kappa shape index (κ1) is 13.3. The molecule has 0 aliphatic carbocycles. The summed E-state index contributed by atoms with van der Waals surface area (Å²) in [4.78, 5) is 4.34. The molecule has 0 saturated carbocycles. The summed E-state index contributed by atoms with van der Waals surface area (Å²) in [5.41, 5.74) is -0.712. The number of hydrogen-bond donors (Lipinski definition) is 2. The number of benzene rings is 1. The van der Waals surface area contributed by atoms with Gasteiger partial charge in [0.15, 0.2) is 0 Å². The van der Waals surface area contributed by atoms with Crippen LogP contribution < -0.4 is 5.32 Å². The van der Waals surface area contributed by atoms with Crippen molar-refractivity contribution in [2.75, 3.05) is 11.9 Å². The molecule has 0 radical (unpaired) electrons. The third-order valence-corrected chi connectivity index (χ3v) is 3.84. The normalized spacial score (nSPS) is 14.4. The van der Waals surface area contributed by atoms with Crippen LogP contribution in [0.15, 0.2) is 34.9 Å². The van der Waals surface area contributed by atoms with Crippen LogP contribution in [0.5, 0.6) is 0 Å². The second-order valence-corrected chi connectivity index (χ2v) is 5.55. The van der Waals surface area contributed by atoms with E-state index in [2.05, 4.69) is 26.2 Å². The summed E-state index contributed by atoms with van der Waals surface area (Å²) < 4.78 is 1.05. The topological polar surface area (TPSA) is 45.1 Å². The molecule has 0 bridgehead atoms. The van der Waals surface area contributed by atoms with Crippen molar-refractivity contribution in [2.45, 2.75) is 25.9 Å². The van der Waals surface area contributed by atoms with Gasteiger partial charge in [-0.2, -0.15) is 0 Å². The van der Waals surface area contributed by atoms with Gasteiger partial charge in [0.05, 0.1) is 5.60 Å². The SMILES string of the molecule is CCC(C)(O)CNc1nccc2c(Br)cccc12. The van der Waals surface area contributed by atoms with Crippen molar-refractivity contribution in [3.63, 3.8) is 0 Å². The molecule has 1 unspecified atom stereocenters. The molecule has 1 aromatic heterocycles. The molecule has 2 rings (SSSR count). The maximum Gasteiger partial charge on any atom is 0.133 e. The van der Waals surface area contributed by atoms with Crippen LogP contribution in [0.4, 0.5) is 5.82 Å². The summed E-state index contributed by atoms with van der Waals surface area (Å²) in [6, 6.07) is 7.99. The zero-order chi connectivity index (χ0) is 13.2. The van der Waals surface area contributed by atoms with Crippen molar-refractivity contribution in [3.8, 4) is 0 Å². The van der Waals surface area contributed by atoms with E-state index in [0.29, 0.717) is 13.0 Å². The van der Waals surface area contributed by atoms with Gasteiger partial charge in [-0.1, -0.05) is 35.0 Å². The maximum absolute atomic E-state index is 10.0. The molecule has 0 spiro atoms. The Bertz CT molecular complexity index is 554. The first-order valence-electron chi connectivity index (χ1n) is 6.03. The third kappa shape index (κ3) is 2.82. The Balaban J connectivity index is 2.32. The molecule has 96 valence electrons. The second kappa shape index (κ2) is 5.24. The van der Waals surface area contributed by atoms with Gasteiger partial charge >= 0.3 is 0 Å². The van der Waals surface area contributed by atoms with E-state index in [9.17, 15) is 5.11 Å². The van der Waals surface area contributed by atoms with Crippen LogP contribution in [0.3, 0.4) is 0 Å². The highest BCUT2D eigenvalue weighted by atomic mass is 79.9. The van der Waals surface area contributed by atoms with Crippen molar-refractivity contribution in [3.05, 3.63) is 34.9 Å². The van der Waals surface area contributed by atoms with Crippen LogP contribution in [-0.4, -0.2) is 22.2 Å². The Morgan fingerprint density at radius 2 is 2.11 bits per heavy atom. The van der Waals surface area contributed by atoms with Gasteiger partial charge in [0, 0.05) is 28.0 Å². The van der Waals surface area contributed by atoms with E-state index in [0.717, 1.165) is 21.1 Å². The predicted molar refractivity (Wildman–Crippen MR) is 78.8 cm³/mol. The van der Waals surface area contributed by atoms with Gasteiger partial charge < -0.3 is 10.4 Å². The number of aromatic nitrogens is 1. The van der Waals surface area contributed by atoms with Gasteiger partial charge in [-0.05, 0) is 25.5 Å². The molecule has 0 amide bonds. The minimum absolute atomic E-state index is 0.488. The standard InChI is InChI=1S/C14H17BrN2O/c1-3-14(2,18)9-17-13-11-5-4-6-12(15)10(11)7-8-16-13/h4-8,18H,3,9H2,1-2H3,(H,16,17). The molecule has 1 aromatic carbocycles. The smallest absolute Gasteiger partial charge is 0.133 e. The maximum atomic E-state index is 10.0. The van der Waals surface area contributed by atoms with Crippen molar-refractivity contribution in [1.29, 1.82) is 0 Å². The van der Waals surface area contributed by atoms with Crippen molar-refractivity contribution in [1.82, 2.24) is 4.98 Å². The van der Waals surface area contributed by atoms with Crippen molar-refractivity contribution >= 4 is 32.5 Å². The highest BCUT2D eigenvalue weighted by Gasteiger charge is 2.17. The van der Waals surface area contributed by atoms with E-state index in [1.165, 1.54) is 0 Å². The van der Waals surface area contributed by atoms with E-state index in [1.54, 1.807) is 6.20 Å². The largest absolute Gasteiger partial charge is 0.388 e. The molecular weight excluding hydrogens is 292 g/mol. The summed E-state index contributed by atoms with van der Waals surface area (Å²) in [7, 11) is 0. The first-order chi connectivity index (χ1) is 8.53. The van der Waals surface area contributed by atoms with Crippen LogP contribution in [0, 0.1) is 0 Å². The molecule has 4 heteroatoms. The van der Waals surface area contributed by atoms with E-state index < -0.39 is 5.60 Å². The molecule has 0 saturated heterocycles. The third-order valence-electron chi connectivity index (χ3n) is 3.15. The zero-order valence-corrected chi connectivity index (χ0v) is 12.2. The minimum Gasteiger partial charge on any atom is -0.388 e. The Hall–Kier alpha value is -1.13. The molecule has 1 heterocycles.